The van der Waals surface area contributed by atoms with E-state index in [1.807, 2.05) is 32.0 Å². The SMILES string of the molecule is CCOC(=O)Cc1csc(NC(=O)NC2CC(=O)N(c3ccc(C)c(C)c3)C2)n1. The van der Waals surface area contributed by atoms with Gasteiger partial charge in [-0.05, 0) is 44.0 Å². The molecule has 1 aromatic heterocycles. The number of rotatable bonds is 6. The van der Waals surface area contributed by atoms with Crippen LogP contribution in [0, 0.1) is 13.8 Å². The first-order chi connectivity index (χ1) is 13.9. The molecule has 2 N–H and O–H groups in total. The normalized spacial score (nSPS) is 16.0. The lowest BCUT2D eigenvalue weighted by atomic mass is 10.1. The van der Waals surface area contributed by atoms with E-state index in [2.05, 4.69) is 15.6 Å². The fraction of sp³-hybridized carbons (Fsp3) is 0.400. The van der Waals surface area contributed by atoms with Gasteiger partial charge in [0.05, 0.1) is 24.8 Å². The summed E-state index contributed by atoms with van der Waals surface area (Å²) in [5.41, 5.74) is 3.67. The third kappa shape index (κ3) is 5.32. The van der Waals surface area contributed by atoms with Gasteiger partial charge in [0.25, 0.3) is 0 Å². The molecule has 0 bridgehead atoms. The molecule has 1 aromatic carbocycles. The minimum Gasteiger partial charge on any atom is -0.466 e. The molecule has 1 aliphatic heterocycles. The van der Waals surface area contributed by atoms with E-state index in [4.69, 9.17) is 4.74 Å². The Labute approximate surface area is 173 Å². The van der Waals surface area contributed by atoms with Gasteiger partial charge in [-0.25, -0.2) is 9.78 Å². The number of aryl methyl sites for hydroxylation is 2. The summed E-state index contributed by atoms with van der Waals surface area (Å²) in [6.45, 7) is 6.50. The number of carbonyl (C=O) groups excluding carboxylic acids is 3. The van der Waals surface area contributed by atoms with Crippen LogP contribution in [0.4, 0.5) is 15.6 Å². The van der Waals surface area contributed by atoms with Crippen molar-refractivity contribution in [2.75, 3.05) is 23.4 Å². The zero-order chi connectivity index (χ0) is 21.0. The fourth-order valence-corrected chi connectivity index (χ4v) is 3.78. The summed E-state index contributed by atoms with van der Waals surface area (Å²) < 4.78 is 4.88. The van der Waals surface area contributed by atoms with Crippen LogP contribution in [0.15, 0.2) is 23.6 Å². The number of nitrogens with zero attached hydrogens (tertiary/aromatic N) is 2. The Hall–Kier alpha value is -2.94. The highest BCUT2D eigenvalue weighted by Crippen LogP contribution is 2.24. The number of anilines is 2. The molecule has 1 atom stereocenters. The predicted octanol–water partition coefficient (Wildman–Crippen LogP) is 2.79. The van der Waals surface area contributed by atoms with E-state index >= 15 is 0 Å². The first-order valence-corrected chi connectivity index (χ1v) is 10.3. The van der Waals surface area contributed by atoms with Crippen LogP contribution in [-0.4, -0.2) is 42.1 Å². The van der Waals surface area contributed by atoms with E-state index in [1.165, 1.54) is 16.9 Å². The summed E-state index contributed by atoms with van der Waals surface area (Å²) in [5, 5.41) is 7.56. The zero-order valence-corrected chi connectivity index (χ0v) is 17.5. The Balaban J connectivity index is 1.53. The van der Waals surface area contributed by atoms with Crippen molar-refractivity contribution in [3.05, 3.63) is 40.4 Å². The fourth-order valence-electron chi connectivity index (χ4n) is 3.07. The molecule has 0 aliphatic carbocycles. The topological polar surface area (TPSA) is 101 Å². The lowest BCUT2D eigenvalue weighted by Gasteiger charge is -2.18. The predicted molar refractivity (Wildman–Crippen MR) is 111 cm³/mol. The van der Waals surface area contributed by atoms with Crippen LogP contribution in [0.25, 0.3) is 0 Å². The van der Waals surface area contributed by atoms with Crippen LogP contribution < -0.4 is 15.5 Å². The Morgan fingerprint density at radius 2 is 2.10 bits per heavy atom. The molecule has 0 spiro atoms. The number of urea groups is 1. The van der Waals surface area contributed by atoms with Crippen LogP contribution >= 0.6 is 11.3 Å². The van der Waals surface area contributed by atoms with E-state index in [9.17, 15) is 14.4 Å². The van der Waals surface area contributed by atoms with E-state index < -0.39 is 6.03 Å². The zero-order valence-electron chi connectivity index (χ0n) is 16.7. The average Bonchev–Trinajstić information content (AvgIpc) is 3.23. The Morgan fingerprint density at radius 3 is 2.83 bits per heavy atom. The highest BCUT2D eigenvalue weighted by atomic mass is 32.1. The molecule has 0 saturated carbocycles. The molecular weight excluding hydrogens is 392 g/mol. The summed E-state index contributed by atoms with van der Waals surface area (Å²) in [6, 6.07) is 5.17. The number of ether oxygens (including phenoxy) is 1. The third-order valence-corrected chi connectivity index (χ3v) is 5.47. The first kappa shape index (κ1) is 20.8. The van der Waals surface area contributed by atoms with Crippen LogP contribution in [0.5, 0.6) is 0 Å². The van der Waals surface area contributed by atoms with Gasteiger partial charge in [0.15, 0.2) is 5.13 Å². The summed E-state index contributed by atoms with van der Waals surface area (Å²) in [5.74, 6) is -0.380. The molecule has 8 nitrogen and oxygen atoms in total. The minimum atomic E-state index is -0.429. The molecule has 1 saturated heterocycles. The minimum absolute atomic E-state index is 0.0236. The molecule has 2 heterocycles. The van der Waals surface area contributed by atoms with Gasteiger partial charge in [0.1, 0.15) is 0 Å². The van der Waals surface area contributed by atoms with Crippen molar-refractivity contribution in [2.45, 2.75) is 39.7 Å². The molecule has 9 heteroatoms. The lowest BCUT2D eigenvalue weighted by Crippen LogP contribution is -2.39. The van der Waals surface area contributed by atoms with Gasteiger partial charge in [-0.1, -0.05) is 6.07 Å². The second-order valence-corrected chi connectivity index (χ2v) is 7.76. The van der Waals surface area contributed by atoms with Crippen molar-refractivity contribution in [2.24, 2.45) is 0 Å². The van der Waals surface area contributed by atoms with Crippen LogP contribution in [0.2, 0.25) is 0 Å². The van der Waals surface area contributed by atoms with Crippen molar-refractivity contribution < 1.29 is 19.1 Å². The van der Waals surface area contributed by atoms with Crippen molar-refractivity contribution in [1.82, 2.24) is 10.3 Å². The van der Waals surface area contributed by atoms with Crippen molar-refractivity contribution in [3.63, 3.8) is 0 Å². The first-order valence-electron chi connectivity index (χ1n) is 9.41. The lowest BCUT2D eigenvalue weighted by molar-refractivity contribution is -0.142. The van der Waals surface area contributed by atoms with Crippen molar-refractivity contribution in [1.29, 1.82) is 0 Å². The Morgan fingerprint density at radius 1 is 1.31 bits per heavy atom. The van der Waals surface area contributed by atoms with E-state index in [-0.39, 0.29) is 30.8 Å². The third-order valence-electron chi connectivity index (χ3n) is 4.67. The van der Waals surface area contributed by atoms with Crippen LogP contribution in [-0.2, 0) is 20.7 Å². The molecule has 2 aromatic rings. The summed E-state index contributed by atoms with van der Waals surface area (Å²) >= 11 is 1.23. The second-order valence-electron chi connectivity index (χ2n) is 6.90. The number of amides is 3. The van der Waals surface area contributed by atoms with Gasteiger partial charge < -0.3 is 15.0 Å². The molecule has 1 unspecified atom stereocenters. The van der Waals surface area contributed by atoms with Crippen molar-refractivity contribution >= 4 is 40.1 Å². The van der Waals surface area contributed by atoms with E-state index in [0.717, 1.165) is 11.3 Å². The molecule has 1 aliphatic rings. The highest BCUT2D eigenvalue weighted by molar-refractivity contribution is 7.13. The summed E-state index contributed by atoms with van der Waals surface area (Å²) in [7, 11) is 0. The van der Waals surface area contributed by atoms with Gasteiger partial charge >= 0.3 is 12.0 Å². The van der Waals surface area contributed by atoms with Gasteiger partial charge in [-0.15, -0.1) is 11.3 Å². The number of carbonyl (C=O) groups is 3. The quantitative estimate of drug-likeness (QED) is 0.705. The standard InChI is InChI=1S/C20H24N4O4S/c1-4-28-18(26)9-15-11-29-20(22-15)23-19(27)21-14-8-17(25)24(10-14)16-6-5-12(2)13(3)7-16/h5-7,11,14H,4,8-10H2,1-3H3,(H2,21,22,23,27). The molecule has 29 heavy (non-hydrogen) atoms. The van der Waals surface area contributed by atoms with Gasteiger partial charge in [0, 0.05) is 24.0 Å². The molecule has 0 radical (unpaired) electrons. The van der Waals surface area contributed by atoms with Gasteiger partial charge in [-0.3, -0.25) is 14.9 Å². The number of benzene rings is 1. The number of thiazole rings is 1. The van der Waals surface area contributed by atoms with Gasteiger partial charge in [-0.2, -0.15) is 0 Å². The number of esters is 1. The molecule has 154 valence electrons. The maximum absolute atomic E-state index is 12.4. The highest BCUT2D eigenvalue weighted by Gasteiger charge is 2.31. The summed E-state index contributed by atoms with van der Waals surface area (Å²) in [6.07, 6.45) is 0.308. The monoisotopic (exact) mass is 416 g/mol. The summed E-state index contributed by atoms with van der Waals surface area (Å²) in [4.78, 5) is 42.1. The molecule has 3 amide bonds. The second kappa shape index (κ2) is 9.04. The largest absolute Gasteiger partial charge is 0.466 e. The molecular formula is C20H24N4O4S. The maximum Gasteiger partial charge on any atom is 0.321 e. The van der Waals surface area contributed by atoms with E-state index in [0.29, 0.717) is 24.0 Å². The molecule has 3 rings (SSSR count). The Kier molecular flexibility index (Phi) is 6.48. The number of aromatic nitrogens is 1. The van der Waals surface area contributed by atoms with Crippen LogP contribution in [0.3, 0.4) is 0 Å². The van der Waals surface area contributed by atoms with Gasteiger partial charge in [0.2, 0.25) is 5.91 Å². The smallest absolute Gasteiger partial charge is 0.321 e. The average molecular weight is 417 g/mol. The van der Waals surface area contributed by atoms with Crippen LogP contribution in [0.1, 0.15) is 30.2 Å². The van der Waals surface area contributed by atoms with Crippen molar-refractivity contribution in [3.8, 4) is 0 Å². The maximum atomic E-state index is 12.4. The number of hydrogen-bond acceptors (Lipinski definition) is 6. The Bertz CT molecular complexity index is 927. The van der Waals surface area contributed by atoms with E-state index in [1.54, 1.807) is 17.2 Å². The number of hydrogen-bond donors (Lipinski definition) is 2. The number of nitrogens with one attached hydrogen (secondary N) is 2. The molecule has 1 fully saturated rings.